The summed E-state index contributed by atoms with van der Waals surface area (Å²) < 4.78 is 19.9. The van der Waals surface area contributed by atoms with Crippen LogP contribution in [-0.2, 0) is 0 Å². The van der Waals surface area contributed by atoms with Crippen LogP contribution in [0.25, 0.3) is 5.70 Å². The molecule has 0 saturated heterocycles. The monoisotopic (exact) mass is 370 g/mol. The van der Waals surface area contributed by atoms with Crippen molar-refractivity contribution in [2.75, 3.05) is 0 Å². The van der Waals surface area contributed by atoms with E-state index in [4.69, 9.17) is 16.3 Å². The van der Waals surface area contributed by atoms with Crippen molar-refractivity contribution in [3.05, 3.63) is 70.5 Å². The predicted octanol–water partition coefficient (Wildman–Crippen LogP) is 5.43. The molecule has 2 aromatic carbocycles. The van der Waals surface area contributed by atoms with Gasteiger partial charge >= 0.3 is 0 Å². The van der Waals surface area contributed by atoms with Crippen molar-refractivity contribution in [1.29, 1.82) is 0 Å². The number of fused-ring (bicyclic) bond motifs is 4. The van der Waals surface area contributed by atoms with Gasteiger partial charge in [-0.15, -0.1) is 0 Å². The molecule has 0 aromatic heterocycles. The summed E-state index contributed by atoms with van der Waals surface area (Å²) in [5.74, 6) is 0.685. The summed E-state index contributed by atoms with van der Waals surface area (Å²) in [6.45, 7) is 0. The van der Waals surface area contributed by atoms with Crippen LogP contribution >= 0.6 is 11.6 Å². The van der Waals surface area contributed by atoms with Crippen molar-refractivity contribution < 1.29 is 9.13 Å². The Morgan fingerprint density at radius 1 is 1.08 bits per heavy atom. The summed E-state index contributed by atoms with van der Waals surface area (Å²) >= 11 is 6.26. The molecule has 5 heteroatoms. The average Bonchev–Trinajstić information content (AvgIpc) is 3.11. The minimum Gasteiger partial charge on any atom is -0.471 e. The highest BCUT2D eigenvalue weighted by Crippen LogP contribution is 2.50. The van der Waals surface area contributed by atoms with Crippen LogP contribution in [0, 0.1) is 5.82 Å². The van der Waals surface area contributed by atoms with Crippen molar-refractivity contribution in [3.8, 4) is 5.75 Å². The molecule has 3 nitrogen and oxygen atoms in total. The summed E-state index contributed by atoms with van der Waals surface area (Å²) in [5, 5.41) is 2.94. The van der Waals surface area contributed by atoms with Crippen molar-refractivity contribution in [3.63, 3.8) is 0 Å². The fraction of sp³-hybridized carbons (Fsp3) is 0.333. The molecule has 1 atom stereocenters. The number of hydrazine groups is 1. The molecule has 3 aliphatic rings. The van der Waals surface area contributed by atoms with E-state index in [2.05, 4.69) is 16.5 Å². The largest absolute Gasteiger partial charge is 0.471 e. The molecule has 0 amide bonds. The minimum atomic E-state index is -0.345. The Morgan fingerprint density at radius 2 is 1.85 bits per heavy atom. The van der Waals surface area contributed by atoms with Crippen LogP contribution in [0.3, 0.4) is 0 Å². The van der Waals surface area contributed by atoms with Gasteiger partial charge in [0.15, 0.2) is 5.72 Å². The lowest BCUT2D eigenvalue weighted by Crippen LogP contribution is -2.60. The van der Waals surface area contributed by atoms with Gasteiger partial charge in [-0.25, -0.2) is 4.39 Å². The van der Waals surface area contributed by atoms with Crippen LogP contribution in [0.15, 0.2) is 48.5 Å². The summed E-state index contributed by atoms with van der Waals surface area (Å²) in [6, 6.07) is 12.5. The maximum atomic E-state index is 13.3. The van der Waals surface area contributed by atoms with E-state index >= 15 is 0 Å². The van der Waals surface area contributed by atoms with Crippen LogP contribution in [0.5, 0.6) is 5.75 Å². The van der Waals surface area contributed by atoms with Crippen molar-refractivity contribution in [1.82, 2.24) is 10.4 Å². The van der Waals surface area contributed by atoms with Gasteiger partial charge in [0, 0.05) is 23.4 Å². The van der Waals surface area contributed by atoms with Crippen LogP contribution in [0.1, 0.15) is 49.3 Å². The van der Waals surface area contributed by atoms with E-state index in [-0.39, 0.29) is 17.6 Å². The Kier molecular flexibility index (Phi) is 3.73. The fourth-order valence-corrected chi connectivity index (χ4v) is 4.57. The first kappa shape index (κ1) is 16.2. The van der Waals surface area contributed by atoms with Crippen molar-refractivity contribution in [2.24, 2.45) is 0 Å². The quantitative estimate of drug-likeness (QED) is 0.724. The summed E-state index contributed by atoms with van der Waals surface area (Å²) in [6.07, 6.45) is 7.72. The Balaban J connectivity index is 1.60. The van der Waals surface area contributed by atoms with Gasteiger partial charge < -0.3 is 10.2 Å². The minimum absolute atomic E-state index is 0.0515. The molecule has 0 bridgehead atoms. The highest BCUT2D eigenvalue weighted by molar-refractivity contribution is 6.30. The van der Waals surface area contributed by atoms with Crippen LogP contribution in [0.2, 0.25) is 5.02 Å². The Labute approximate surface area is 157 Å². The molecule has 0 unspecified atom stereocenters. The lowest BCUT2D eigenvalue weighted by molar-refractivity contribution is -0.150. The second kappa shape index (κ2) is 6.00. The summed E-state index contributed by atoms with van der Waals surface area (Å²) in [5.41, 5.74) is 6.23. The maximum Gasteiger partial charge on any atom is 0.180 e. The average molecular weight is 371 g/mol. The molecular formula is C21H20ClFN2O. The number of hydrogen-bond donors (Lipinski definition) is 1. The zero-order chi connectivity index (χ0) is 17.7. The molecular weight excluding hydrogens is 351 g/mol. The van der Waals surface area contributed by atoms with E-state index in [1.54, 1.807) is 12.1 Å². The second-order valence-electron chi connectivity index (χ2n) is 7.30. The van der Waals surface area contributed by atoms with Crippen LogP contribution < -0.4 is 10.2 Å². The highest BCUT2D eigenvalue weighted by Gasteiger charge is 2.50. The third-order valence-electron chi connectivity index (χ3n) is 5.66. The Morgan fingerprint density at radius 3 is 2.62 bits per heavy atom. The molecule has 5 rings (SSSR count). The predicted molar refractivity (Wildman–Crippen MR) is 100.0 cm³/mol. The second-order valence-corrected chi connectivity index (χ2v) is 7.74. The zero-order valence-electron chi connectivity index (χ0n) is 14.3. The van der Waals surface area contributed by atoms with E-state index in [1.807, 2.05) is 18.2 Å². The van der Waals surface area contributed by atoms with E-state index in [1.165, 1.54) is 18.6 Å². The molecule has 26 heavy (non-hydrogen) atoms. The van der Waals surface area contributed by atoms with E-state index in [9.17, 15) is 4.39 Å². The van der Waals surface area contributed by atoms with Crippen molar-refractivity contribution in [2.45, 2.75) is 43.9 Å². The number of nitrogens with zero attached hydrogens (tertiary/aromatic N) is 1. The smallest absolute Gasteiger partial charge is 0.180 e. The first-order valence-electron chi connectivity index (χ1n) is 9.17. The summed E-state index contributed by atoms with van der Waals surface area (Å²) in [7, 11) is 0. The molecule has 0 radical (unpaired) electrons. The van der Waals surface area contributed by atoms with Gasteiger partial charge in [-0.2, -0.15) is 5.01 Å². The normalized spacial score (nSPS) is 23.6. The first-order chi connectivity index (χ1) is 12.6. The molecule has 1 aliphatic carbocycles. The van der Waals surface area contributed by atoms with Gasteiger partial charge in [0.1, 0.15) is 11.6 Å². The zero-order valence-corrected chi connectivity index (χ0v) is 15.1. The van der Waals surface area contributed by atoms with E-state index in [0.29, 0.717) is 5.02 Å². The molecule has 1 spiro atoms. The SMILES string of the molecule is Fc1ccc(C2=C[C@H]3c4cc(Cl)ccc4OC4(CCCCC4)N3N2)cc1. The lowest BCUT2D eigenvalue weighted by Gasteiger charge is -2.50. The van der Waals surface area contributed by atoms with Gasteiger partial charge in [-0.1, -0.05) is 18.0 Å². The molecule has 2 aliphatic heterocycles. The lowest BCUT2D eigenvalue weighted by atomic mass is 9.87. The van der Waals surface area contributed by atoms with Gasteiger partial charge in [-0.05, 0) is 66.9 Å². The fourth-order valence-electron chi connectivity index (χ4n) is 4.39. The molecule has 1 saturated carbocycles. The topological polar surface area (TPSA) is 24.5 Å². The van der Waals surface area contributed by atoms with Crippen LogP contribution in [-0.4, -0.2) is 10.7 Å². The third kappa shape index (κ3) is 2.51. The molecule has 134 valence electrons. The molecule has 1 fully saturated rings. The standard InChI is InChI=1S/C21H20ClFN2O/c22-15-6-9-20-17(12-15)19-13-18(14-4-7-16(23)8-5-14)24-25(19)21(26-20)10-2-1-3-11-21/h4-9,12-13,19,24H,1-3,10-11H2/t19-/m0/s1. The molecule has 1 N–H and O–H groups in total. The third-order valence-corrected chi connectivity index (χ3v) is 5.90. The number of ether oxygens (including phenoxy) is 1. The number of hydrogen-bond acceptors (Lipinski definition) is 3. The van der Waals surface area contributed by atoms with E-state index in [0.717, 1.165) is 48.3 Å². The molecule has 2 aromatic rings. The van der Waals surface area contributed by atoms with Crippen molar-refractivity contribution >= 4 is 17.3 Å². The van der Waals surface area contributed by atoms with Gasteiger partial charge in [-0.3, -0.25) is 0 Å². The number of nitrogens with one attached hydrogen (secondary N) is 1. The Bertz CT molecular complexity index is 874. The highest BCUT2D eigenvalue weighted by atomic mass is 35.5. The number of halogens is 2. The summed E-state index contributed by atoms with van der Waals surface area (Å²) in [4.78, 5) is 0. The number of rotatable bonds is 1. The molecule has 2 heterocycles. The van der Waals surface area contributed by atoms with Gasteiger partial charge in [0.25, 0.3) is 0 Å². The first-order valence-corrected chi connectivity index (χ1v) is 9.55. The van der Waals surface area contributed by atoms with Crippen LogP contribution in [0.4, 0.5) is 4.39 Å². The maximum absolute atomic E-state index is 13.3. The number of benzene rings is 2. The van der Waals surface area contributed by atoms with Gasteiger partial charge in [0.05, 0.1) is 11.7 Å². The Hall–Kier alpha value is -2.04. The van der Waals surface area contributed by atoms with Gasteiger partial charge in [0.2, 0.25) is 0 Å². The van der Waals surface area contributed by atoms with E-state index < -0.39 is 0 Å².